The zero-order chi connectivity index (χ0) is 15.0. The summed E-state index contributed by atoms with van der Waals surface area (Å²) in [6.07, 6.45) is 0. The number of nitrogens with zero attached hydrogens (tertiary/aromatic N) is 2. The van der Waals surface area contributed by atoms with Gasteiger partial charge in [-0.05, 0) is 25.1 Å². The standard InChI is InChI=1S/C13H10ClN3O2S2/c1-6-16-17-13(20-6)15-12(18)11-10(14)8-5-7(19-2)3-4-9(8)21-11/h3-5H,1-2H3,(H,15,17,18). The molecule has 2 heterocycles. The molecule has 0 unspecified atom stereocenters. The lowest BCUT2D eigenvalue weighted by molar-refractivity contribution is 0.103. The summed E-state index contributed by atoms with van der Waals surface area (Å²) in [5.74, 6) is 0.422. The van der Waals surface area contributed by atoms with Crippen molar-refractivity contribution in [1.82, 2.24) is 10.2 Å². The van der Waals surface area contributed by atoms with Gasteiger partial charge in [-0.15, -0.1) is 21.5 Å². The number of rotatable bonds is 3. The molecule has 0 aliphatic carbocycles. The van der Waals surface area contributed by atoms with Gasteiger partial charge < -0.3 is 4.74 Å². The topological polar surface area (TPSA) is 64.1 Å². The molecular formula is C13H10ClN3O2S2. The molecule has 3 rings (SSSR count). The van der Waals surface area contributed by atoms with E-state index in [2.05, 4.69) is 15.5 Å². The van der Waals surface area contributed by atoms with Crippen LogP contribution in [0.15, 0.2) is 18.2 Å². The predicted molar refractivity (Wildman–Crippen MR) is 86.0 cm³/mol. The van der Waals surface area contributed by atoms with Crippen LogP contribution in [0.3, 0.4) is 0 Å². The quantitative estimate of drug-likeness (QED) is 0.784. The van der Waals surface area contributed by atoms with Crippen molar-refractivity contribution in [2.45, 2.75) is 6.92 Å². The summed E-state index contributed by atoms with van der Waals surface area (Å²) in [5, 5.41) is 12.9. The number of benzene rings is 1. The first-order chi connectivity index (χ1) is 10.1. The molecule has 0 fully saturated rings. The second-order valence-electron chi connectivity index (χ2n) is 4.19. The average Bonchev–Trinajstić information content (AvgIpc) is 3.02. The molecule has 0 bridgehead atoms. The minimum absolute atomic E-state index is 0.281. The van der Waals surface area contributed by atoms with E-state index in [1.807, 2.05) is 25.1 Å². The molecule has 0 spiro atoms. The molecule has 0 saturated heterocycles. The van der Waals surface area contributed by atoms with Crippen molar-refractivity contribution in [2.75, 3.05) is 12.4 Å². The Kier molecular flexibility index (Phi) is 3.79. The number of aryl methyl sites for hydroxylation is 1. The second kappa shape index (κ2) is 5.59. The molecule has 1 amide bonds. The monoisotopic (exact) mass is 339 g/mol. The van der Waals surface area contributed by atoms with Gasteiger partial charge in [-0.3, -0.25) is 10.1 Å². The first-order valence-electron chi connectivity index (χ1n) is 5.96. The van der Waals surface area contributed by atoms with Crippen LogP contribution in [-0.2, 0) is 0 Å². The third-order valence-electron chi connectivity index (χ3n) is 2.79. The predicted octanol–water partition coefficient (Wildman–Crippen LogP) is 3.98. The van der Waals surface area contributed by atoms with Crippen molar-refractivity contribution >= 4 is 55.4 Å². The molecule has 3 aromatic rings. The Morgan fingerprint density at radius 2 is 2.14 bits per heavy atom. The van der Waals surface area contributed by atoms with Gasteiger partial charge in [0.2, 0.25) is 5.13 Å². The molecule has 1 aromatic carbocycles. The first-order valence-corrected chi connectivity index (χ1v) is 7.97. The van der Waals surface area contributed by atoms with Crippen LogP contribution in [0.2, 0.25) is 5.02 Å². The molecule has 0 saturated carbocycles. The molecule has 1 N–H and O–H groups in total. The van der Waals surface area contributed by atoms with Crippen LogP contribution >= 0.6 is 34.3 Å². The summed E-state index contributed by atoms with van der Waals surface area (Å²) in [4.78, 5) is 12.7. The molecule has 2 aromatic heterocycles. The Balaban J connectivity index is 1.96. The average molecular weight is 340 g/mol. The lowest BCUT2D eigenvalue weighted by Crippen LogP contribution is -2.10. The Labute approximate surface area is 133 Å². The maximum absolute atomic E-state index is 12.3. The van der Waals surface area contributed by atoms with E-state index in [0.29, 0.717) is 20.8 Å². The second-order valence-corrected chi connectivity index (χ2v) is 6.80. The zero-order valence-electron chi connectivity index (χ0n) is 11.1. The van der Waals surface area contributed by atoms with Crippen molar-refractivity contribution in [1.29, 1.82) is 0 Å². The van der Waals surface area contributed by atoms with Gasteiger partial charge in [0.1, 0.15) is 15.6 Å². The van der Waals surface area contributed by atoms with E-state index in [0.717, 1.165) is 15.1 Å². The number of halogens is 1. The highest BCUT2D eigenvalue weighted by Gasteiger charge is 2.18. The third-order valence-corrected chi connectivity index (χ3v) is 5.22. The van der Waals surface area contributed by atoms with Crippen molar-refractivity contribution in [2.24, 2.45) is 0 Å². The lowest BCUT2D eigenvalue weighted by atomic mass is 10.2. The van der Waals surface area contributed by atoms with E-state index in [-0.39, 0.29) is 5.91 Å². The first kappa shape index (κ1) is 14.2. The largest absolute Gasteiger partial charge is 0.497 e. The van der Waals surface area contributed by atoms with Crippen LogP contribution in [0.25, 0.3) is 10.1 Å². The van der Waals surface area contributed by atoms with Crippen molar-refractivity contribution < 1.29 is 9.53 Å². The van der Waals surface area contributed by atoms with E-state index < -0.39 is 0 Å². The van der Waals surface area contributed by atoms with Crippen molar-refractivity contribution in [3.05, 3.63) is 33.1 Å². The molecule has 0 atom stereocenters. The van der Waals surface area contributed by atoms with Gasteiger partial charge in [0, 0.05) is 10.1 Å². The Hall–Kier alpha value is -1.70. The van der Waals surface area contributed by atoms with Crippen LogP contribution in [0.1, 0.15) is 14.7 Å². The van der Waals surface area contributed by atoms with E-state index in [9.17, 15) is 4.79 Å². The van der Waals surface area contributed by atoms with E-state index in [1.54, 1.807) is 7.11 Å². The fourth-order valence-electron chi connectivity index (χ4n) is 1.82. The number of hydrogen-bond donors (Lipinski definition) is 1. The SMILES string of the molecule is COc1ccc2sc(C(=O)Nc3nnc(C)s3)c(Cl)c2c1. The van der Waals surface area contributed by atoms with Gasteiger partial charge in [-0.1, -0.05) is 22.9 Å². The normalized spacial score (nSPS) is 10.8. The van der Waals surface area contributed by atoms with Gasteiger partial charge >= 0.3 is 0 Å². The van der Waals surface area contributed by atoms with Gasteiger partial charge in [-0.2, -0.15) is 0 Å². The van der Waals surface area contributed by atoms with Crippen molar-refractivity contribution in [3.8, 4) is 5.75 Å². The van der Waals surface area contributed by atoms with Crippen LogP contribution < -0.4 is 10.1 Å². The number of thiophene rings is 1. The summed E-state index contributed by atoms with van der Waals surface area (Å²) in [7, 11) is 1.59. The number of methoxy groups -OCH3 is 1. The van der Waals surface area contributed by atoms with Crippen LogP contribution in [-0.4, -0.2) is 23.2 Å². The third kappa shape index (κ3) is 2.72. The van der Waals surface area contributed by atoms with Crippen molar-refractivity contribution in [3.63, 3.8) is 0 Å². The summed E-state index contributed by atoms with van der Waals surface area (Å²) in [6, 6.07) is 5.54. The number of hydrogen-bond acceptors (Lipinski definition) is 6. The molecule has 0 aliphatic rings. The molecular weight excluding hydrogens is 330 g/mol. The highest BCUT2D eigenvalue weighted by atomic mass is 35.5. The summed E-state index contributed by atoms with van der Waals surface area (Å²) in [5.41, 5.74) is 0. The smallest absolute Gasteiger partial charge is 0.269 e. The fourth-order valence-corrected chi connectivity index (χ4v) is 3.79. The maximum atomic E-state index is 12.3. The van der Waals surface area contributed by atoms with E-state index in [1.165, 1.54) is 22.7 Å². The number of ether oxygens (including phenoxy) is 1. The number of aromatic nitrogens is 2. The molecule has 0 aliphatic heterocycles. The van der Waals surface area contributed by atoms with E-state index >= 15 is 0 Å². The molecule has 5 nitrogen and oxygen atoms in total. The molecule has 8 heteroatoms. The van der Waals surface area contributed by atoms with Gasteiger partial charge in [-0.25, -0.2) is 0 Å². The zero-order valence-corrected chi connectivity index (χ0v) is 13.5. The number of carbonyl (C=O) groups is 1. The minimum atomic E-state index is -0.281. The number of carbonyl (C=O) groups excluding carboxylic acids is 1. The maximum Gasteiger partial charge on any atom is 0.269 e. The Morgan fingerprint density at radius 3 is 2.81 bits per heavy atom. The van der Waals surface area contributed by atoms with Gasteiger partial charge in [0.05, 0.1) is 12.1 Å². The summed E-state index contributed by atoms with van der Waals surface area (Å²) in [6.45, 7) is 1.83. The Bertz CT molecular complexity index is 828. The van der Waals surface area contributed by atoms with Crippen LogP contribution in [0.4, 0.5) is 5.13 Å². The van der Waals surface area contributed by atoms with Crippen LogP contribution in [0, 0.1) is 6.92 Å². The molecule has 0 radical (unpaired) electrons. The Morgan fingerprint density at radius 1 is 1.33 bits per heavy atom. The number of nitrogens with one attached hydrogen (secondary N) is 1. The number of anilines is 1. The number of fused-ring (bicyclic) bond motifs is 1. The highest BCUT2D eigenvalue weighted by molar-refractivity contribution is 7.22. The van der Waals surface area contributed by atoms with Gasteiger partial charge in [0.15, 0.2) is 0 Å². The molecule has 108 valence electrons. The highest BCUT2D eigenvalue weighted by Crippen LogP contribution is 2.37. The minimum Gasteiger partial charge on any atom is -0.497 e. The lowest BCUT2D eigenvalue weighted by Gasteiger charge is -1.99. The number of amides is 1. The molecule has 21 heavy (non-hydrogen) atoms. The van der Waals surface area contributed by atoms with E-state index in [4.69, 9.17) is 16.3 Å². The summed E-state index contributed by atoms with van der Waals surface area (Å²) < 4.78 is 6.10. The van der Waals surface area contributed by atoms with Gasteiger partial charge in [0.25, 0.3) is 5.91 Å². The summed E-state index contributed by atoms with van der Waals surface area (Å²) >= 11 is 8.96. The van der Waals surface area contributed by atoms with Crippen LogP contribution in [0.5, 0.6) is 5.75 Å². The fraction of sp³-hybridized carbons (Fsp3) is 0.154.